The normalized spacial score (nSPS) is 18.4. The molecule has 1 aliphatic heterocycles. The fourth-order valence-electron chi connectivity index (χ4n) is 3.21. The minimum absolute atomic E-state index is 0.107. The monoisotopic (exact) mass is 406 g/mol. The van der Waals surface area contributed by atoms with Crippen molar-refractivity contribution < 1.29 is 17.9 Å². The predicted molar refractivity (Wildman–Crippen MR) is 103 cm³/mol. The van der Waals surface area contributed by atoms with E-state index in [1.165, 1.54) is 10.4 Å². The van der Waals surface area contributed by atoms with Crippen molar-refractivity contribution in [3.63, 3.8) is 0 Å². The van der Waals surface area contributed by atoms with Crippen LogP contribution in [0.15, 0.2) is 46.7 Å². The topological polar surface area (TPSA) is 66.9 Å². The van der Waals surface area contributed by atoms with Gasteiger partial charge in [0, 0.05) is 29.6 Å². The van der Waals surface area contributed by atoms with Gasteiger partial charge >= 0.3 is 0 Å². The summed E-state index contributed by atoms with van der Waals surface area (Å²) in [5.41, 5.74) is 0.424. The van der Waals surface area contributed by atoms with E-state index in [4.69, 9.17) is 4.74 Å². The van der Waals surface area contributed by atoms with Crippen LogP contribution in [0.2, 0.25) is 0 Å². The molecule has 1 amide bonds. The average Bonchev–Trinajstić information content (AvgIpc) is 3.42. The Bertz CT molecular complexity index is 902. The van der Waals surface area contributed by atoms with Gasteiger partial charge in [0.15, 0.2) is 0 Å². The van der Waals surface area contributed by atoms with E-state index < -0.39 is 10.0 Å². The van der Waals surface area contributed by atoms with E-state index in [0.29, 0.717) is 38.4 Å². The van der Waals surface area contributed by atoms with Crippen molar-refractivity contribution in [1.29, 1.82) is 0 Å². The van der Waals surface area contributed by atoms with Crippen molar-refractivity contribution in [3.8, 4) is 0 Å². The van der Waals surface area contributed by atoms with Crippen LogP contribution in [0, 0.1) is 0 Å². The maximum Gasteiger partial charge on any atom is 0.254 e. The van der Waals surface area contributed by atoms with E-state index in [9.17, 15) is 13.2 Å². The van der Waals surface area contributed by atoms with Gasteiger partial charge in [-0.25, -0.2) is 8.42 Å². The van der Waals surface area contributed by atoms with Crippen LogP contribution in [-0.2, 0) is 21.3 Å². The predicted octanol–water partition coefficient (Wildman–Crippen LogP) is 2.57. The Balaban J connectivity index is 1.58. The minimum atomic E-state index is -3.61. The Morgan fingerprint density at radius 2 is 1.96 bits per heavy atom. The van der Waals surface area contributed by atoms with Gasteiger partial charge in [-0.2, -0.15) is 4.31 Å². The molecule has 4 rings (SSSR count). The first kappa shape index (κ1) is 18.6. The largest absolute Gasteiger partial charge is 0.379 e. The quantitative estimate of drug-likeness (QED) is 0.740. The van der Waals surface area contributed by atoms with Crippen molar-refractivity contribution in [2.75, 3.05) is 26.3 Å². The standard InChI is InChI=1S/C19H22N2O4S2/c22-19(21(16-6-7-16)14-17-4-2-12-26-17)15-3-1-5-18(13-15)27(23,24)20-8-10-25-11-9-20/h1-5,12-13,16H,6-11,14H2. The fourth-order valence-corrected chi connectivity index (χ4v) is 5.37. The summed E-state index contributed by atoms with van der Waals surface area (Å²) < 4.78 is 32.4. The minimum Gasteiger partial charge on any atom is -0.379 e. The number of morpholine rings is 1. The molecule has 0 bridgehead atoms. The van der Waals surface area contributed by atoms with Crippen molar-refractivity contribution in [3.05, 3.63) is 52.2 Å². The highest BCUT2D eigenvalue weighted by molar-refractivity contribution is 7.89. The molecule has 2 heterocycles. The zero-order valence-corrected chi connectivity index (χ0v) is 16.5. The lowest BCUT2D eigenvalue weighted by molar-refractivity contribution is 0.0726. The lowest BCUT2D eigenvalue weighted by atomic mass is 10.2. The molecule has 0 unspecified atom stereocenters. The molecule has 8 heteroatoms. The van der Waals surface area contributed by atoms with Crippen molar-refractivity contribution >= 4 is 27.3 Å². The summed E-state index contributed by atoms with van der Waals surface area (Å²) in [7, 11) is -3.61. The average molecular weight is 407 g/mol. The van der Waals surface area contributed by atoms with Crippen molar-refractivity contribution in [1.82, 2.24) is 9.21 Å². The molecular weight excluding hydrogens is 384 g/mol. The molecule has 1 aliphatic carbocycles. The summed E-state index contributed by atoms with van der Waals surface area (Å²) in [4.78, 5) is 16.3. The highest BCUT2D eigenvalue weighted by Gasteiger charge is 2.34. The number of benzene rings is 1. The lowest BCUT2D eigenvalue weighted by Gasteiger charge is -2.26. The Morgan fingerprint density at radius 1 is 1.19 bits per heavy atom. The van der Waals surface area contributed by atoms with Gasteiger partial charge in [0.25, 0.3) is 5.91 Å². The summed E-state index contributed by atoms with van der Waals surface area (Å²) >= 11 is 1.63. The smallest absolute Gasteiger partial charge is 0.254 e. The number of hydrogen-bond acceptors (Lipinski definition) is 5. The van der Waals surface area contributed by atoms with E-state index in [-0.39, 0.29) is 16.8 Å². The number of carbonyl (C=O) groups is 1. The molecule has 0 atom stereocenters. The highest BCUT2D eigenvalue weighted by atomic mass is 32.2. The maximum absolute atomic E-state index is 13.1. The van der Waals surface area contributed by atoms with Crippen LogP contribution in [0.3, 0.4) is 0 Å². The van der Waals surface area contributed by atoms with Gasteiger partial charge in [0.2, 0.25) is 10.0 Å². The molecule has 0 spiro atoms. The van der Waals surface area contributed by atoms with E-state index in [1.807, 2.05) is 22.4 Å². The molecule has 2 fully saturated rings. The zero-order chi connectivity index (χ0) is 18.9. The molecule has 2 aliphatic rings. The molecule has 1 aromatic carbocycles. The Morgan fingerprint density at radius 3 is 2.63 bits per heavy atom. The molecule has 27 heavy (non-hydrogen) atoms. The van der Waals surface area contributed by atoms with Crippen LogP contribution in [0.4, 0.5) is 0 Å². The van der Waals surface area contributed by atoms with Gasteiger partial charge in [-0.05, 0) is 42.5 Å². The van der Waals surface area contributed by atoms with Gasteiger partial charge in [-0.1, -0.05) is 12.1 Å². The number of rotatable bonds is 6. The van der Waals surface area contributed by atoms with E-state index >= 15 is 0 Å². The number of thiophene rings is 1. The number of sulfonamides is 1. The molecule has 0 N–H and O–H groups in total. The van der Waals surface area contributed by atoms with Crippen LogP contribution >= 0.6 is 11.3 Å². The van der Waals surface area contributed by atoms with Crippen molar-refractivity contribution in [2.45, 2.75) is 30.3 Å². The van der Waals surface area contributed by atoms with E-state index in [0.717, 1.165) is 17.7 Å². The Labute approximate surface area is 163 Å². The van der Waals surface area contributed by atoms with Gasteiger partial charge in [0.05, 0.1) is 24.7 Å². The number of carbonyl (C=O) groups excluding carboxylic acids is 1. The fraction of sp³-hybridized carbons (Fsp3) is 0.421. The zero-order valence-electron chi connectivity index (χ0n) is 14.9. The van der Waals surface area contributed by atoms with E-state index in [2.05, 4.69) is 0 Å². The van der Waals surface area contributed by atoms with Crippen LogP contribution in [-0.4, -0.2) is 55.9 Å². The highest BCUT2D eigenvalue weighted by Crippen LogP contribution is 2.31. The second kappa shape index (κ2) is 7.71. The SMILES string of the molecule is O=C(c1cccc(S(=O)(=O)N2CCOCC2)c1)N(Cc1cccs1)C1CC1. The Kier molecular flexibility index (Phi) is 5.32. The third-order valence-corrected chi connectivity index (χ3v) is 7.60. The third kappa shape index (κ3) is 4.08. The lowest BCUT2D eigenvalue weighted by Crippen LogP contribution is -2.40. The first-order valence-corrected chi connectivity index (χ1v) is 11.4. The van der Waals surface area contributed by atoms with Crippen LogP contribution in [0.25, 0.3) is 0 Å². The Hall–Kier alpha value is -1.74. The molecule has 1 aromatic heterocycles. The second-order valence-corrected chi connectivity index (χ2v) is 9.76. The van der Waals surface area contributed by atoms with Gasteiger partial charge in [-0.3, -0.25) is 4.79 Å². The number of hydrogen-bond donors (Lipinski definition) is 0. The number of nitrogens with zero attached hydrogens (tertiary/aromatic N) is 2. The van der Waals surface area contributed by atoms with Crippen LogP contribution < -0.4 is 0 Å². The number of ether oxygens (including phenoxy) is 1. The first-order chi connectivity index (χ1) is 13.1. The second-order valence-electron chi connectivity index (χ2n) is 6.79. The first-order valence-electron chi connectivity index (χ1n) is 9.07. The van der Waals surface area contributed by atoms with Crippen LogP contribution in [0.1, 0.15) is 28.1 Å². The molecular formula is C19H22N2O4S2. The summed E-state index contributed by atoms with van der Waals surface area (Å²) in [6.07, 6.45) is 2.01. The number of amides is 1. The summed E-state index contributed by atoms with van der Waals surface area (Å²) in [6, 6.07) is 10.7. The molecule has 0 radical (unpaired) electrons. The summed E-state index contributed by atoms with van der Waals surface area (Å²) in [5.74, 6) is -0.107. The third-order valence-electron chi connectivity index (χ3n) is 4.84. The maximum atomic E-state index is 13.1. The summed E-state index contributed by atoms with van der Waals surface area (Å²) in [5, 5.41) is 2.00. The molecule has 1 saturated carbocycles. The van der Waals surface area contributed by atoms with Crippen molar-refractivity contribution in [2.24, 2.45) is 0 Å². The van der Waals surface area contributed by atoms with Gasteiger partial charge < -0.3 is 9.64 Å². The van der Waals surface area contributed by atoms with Gasteiger partial charge in [-0.15, -0.1) is 11.3 Å². The van der Waals surface area contributed by atoms with Crippen LogP contribution in [0.5, 0.6) is 0 Å². The van der Waals surface area contributed by atoms with Gasteiger partial charge in [0.1, 0.15) is 0 Å². The molecule has 6 nitrogen and oxygen atoms in total. The summed E-state index contributed by atoms with van der Waals surface area (Å²) in [6.45, 7) is 2.05. The van der Waals surface area contributed by atoms with E-state index in [1.54, 1.807) is 29.5 Å². The molecule has 144 valence electrons. The molecule has 1 saturated heterocycles. The molecule has 2 aromatic rings.